The Morgan fingerprint density at radius 1 is 1.04 bits per heavy atom. The Labute approximate surface area is 158 Å². The predicted molar refractivity (Wildman–Crippen MR) is 96.1 cm³/mol. The molecule has 2 aliphatic rings. The van der Waals surface area contributed by atoms with Gasteiger partial charge >= 0.3 is 6.03 Å². The lowest BCUT2D eigenvalue weighted by atomic mass is 10.2. The topological polar surface area (TPSA) is 114 Å². The third-order valence-electron chi connectivity index (χ3n) is 4.75. The fourth-order valence-corrected chi connectivity index (χ4v) is 4.60. The summed E-state index contributed by atoms with van der Waals surface area (Å²) in [5.41, 5.74) is 0.420. The van der Waals surface area contributed by atoms with Crippen LogP contribution in [0.5, 0.6) is 0 Å². The Morgan fingerprint density at radius 3 is 2.26 bits per heavy atom. The number of benzene rings is 1. The van der Waals surface area contributed by atoms with E-state index in [1.165, 1.54) is 33.5 Å². The molecular formula is C17H21N5O4S. The van der Waals surface area contributed by atoms with Crippen molar-refractivity contribution in [2.24, 2.45) is 0 Å². The van der Waals surface area contributed by atoms with Crippen LogP contribution in [0.25, 0.3) is 0 Å². The number of hydrogen-bond donors (Lipinski definition) is 1. The molecule has 0 radical (unpaired) electrons. The van der Waals surface area contributed by atoms with Crippen molar-refractivity contribution in [2.45, 2.75) is 11.3 Å². The van der Waals surface area contributed by atoms with Gasteiger partial charge in [-0.1, -0.05) is 0 Å². The van der Waals surface area contributed by atoms with Crippen molar-refractivity contribution in [3.05, 3.63) is 29.8 Å². The number of nitrogens with one attached hydrogen (secondary N) is 1. The molecule has 0 aromatic heterocycles. The number of amides is 3. The highest BCUT2D eigenvalue weighted by molar-refractivity contribution is 7.89. The first-order valence-corrected chi connectivity index (χ1v) is 10.2. The molecule has 3 amide bonds. The molecule has 10 heteroatoms. The van der Waals surface area contributed by atoms with Crippen molar-refractivity contribution in [3.8, 4) is 6.07 Å². The van der Waals surface area contributed by atoms with Gasteiger partial charge in [-0.05, 0) is 37.2 Å². The van der Waals surface area contributed by atoms with Crippen LogP contribution in [0.15, 0.2) is 29.2 Å². The van der Waals surface area contributed by atoms with Crippen LogP contribution in [0.2, 0.25) is 0 Å². The molecule has 2 fully saturated rings. The molecular weight excluding hydrogens is 370 g/mol. The fraction of sp³-hybridized carbons (Fsp3) is 0.471. The van der Waals surface area contributed by atoms with E-state index in [9.17, 15) is 18.0 Å². The number of hydrogen-bond acceptors (Lipinski definition) is 6. The first kappa shape index (κ1) is 19.3. The van der Waals surface area contributed by atoms with Gasteiger partial charge in [-0.3, -0.25) is 9.69 Å². The number of piperazine rings is 1. The summed E-state index contributed by atoms with van der Waals surface area (Å²) in [7, 11) is -3.57. The Hall–Kier alpha value is -2.48. The van der Waals surface area contributed by atoms with Crippen LogP contribution in [0.4, 0.5) is 4.79 Å². The average Bonchev–Trinajstić information content (AvgIpc) is 3.00. The normalized spacial score (nSPS) is 19.1. The van der Waals surface area contributed by atoms with Gasteiger partial charge in [-0.2, -0.15) is 9.57 Å². The Balaban J connectivity index is 1.48. The monoisotopic (exact) mass is 391 g/mol. The first-order chi connectivity index (χ1) is 12.9. The Kier molecular flexibility index (Phi) is 5.74. The lowest BCUT2D eigenvalue weighted by Crippen LogP contribution is -2.49. The molecule has 2 heterocycles. The summed E-state index contributed by atoms with van der Waals surface area (Å²) in [5.74, 6) is -0.210. The van der Waals surface area contributed by atoms with Crippen LogP contribution >= 0.6 is 0 Å². The molecule has 144 valence electrons. The average molecular weight is 391 g/mol. The molecule has 3 rings (SSSR count). The van der Waals surface area contributed by atoms with Gasteiger partial charge in [-0.15, -0.1) is 0 Å². The summed E-state index contributed by atoms with van der Waals surface area (Å²) in [6.07, 6.45) is 0.654. The minimum Gasteiger partial charge on any atom is -0.329 e. The van der Waals surface area contributed by atoms with Crippen molar-refractivity contribution in [2.75, 3.05) is 45.8 Å². The van der Waals surface area contributed by atoms with Crippen LogP contribution < -0.4 is 5.32 Å². The van der Waals surface area contributed by atoms with Gasteiger partial charge in [0.05, 0.1) is 23.1 Å². The highest BCUT2D eigenvalue weighted by atomic mass is 32.2. The number of urea groups is 1. The van der Waals surface area contributed by atoms with Crippen molar-refractivity contribution in [3.63, 3.8) is 0 Å². The Morgan fingerprint density at radius 2 is 1.70 bits per heavy atom. The van der Waals surface area contributed by atoms with Crippen LogP contribution in [-0.4, -0.2) is 80.3 Å². The highest BCUT2D eigenvalue weighted by Gasteiger charge is 2.30. The number of carbonyl (C=O) groups is 2. The van der Waals surface area contributed by atoms with E-state index in [0.29, 0.717) is 51.3 Å². The number of sulfonamides is 1. The van der Waals surface area contributed by atoms with Gasteiger partial charge < -0.3 is 10.2 Å². The zero-order chi connectivity index (χ0) is 19.4. The fourth-order valence-electron chi connectivity index (χ4n) is 3.18. The maximum absolute atomic E-state index is 12.7. The summed E-state index contributed by atoms with van der Waals surface area (Å²) in [4.78, 5) is 26.5. The molecule has 9 nitrogen and oxygen atoms in total. The van der Waals surface area contributed by atoms with E-state index in [-0.39, 0.29) is 23.4 Å². The molecule has 27 heavy (non-hydrogen) atoms. The molecule has 2 aliphatic heterocycles. The molecule has 1 aromatic carbocycles. The minimum absolute atomic E-state index is 0.0602. The van der Waals surface area contributed by atoms with Gasteiger partial charge in [0, 0.05) is 32.7 Å². The van der Waals surface area contributed by atoms with E-state index in [4.69, 9.17) is 5.26 Å². The quantitative estimate of drug-likeness (QED) is 0.672. The summed E-state index contributed by atoms with van der Waals surface area (Å²) < 4.78 is 26.8. The molecule has 0 aliphatic carbocycles. The third-order valence-corrected chi connectivity index (χ3v) is 6.66. The standard InChI is InChI=1S/C17H21N5O4S/c18-12-14-2-4-15(5-3-14)27(25,26)21-10-8-20(9-11-21)6-1-7-22-16(23)13-19-17(22)24/h2-5H,1,6-11,13H2,(H,19,24). The van der Waals surface area contributed by atoms with E-state index in [0.717, 1.165) is 0 Å². The van der Waals surface area contributed by atoms with Crippen LogP contribution in [0, 0.1) is 11.3 Å². The van der Waals surface area contributed by atoms with Crippen molar-refractivity contribution in [1.29, 1.82) is 5.26 Å². The first-order valence-electron chi connectivity index (χ1n) is 8.72. The van der Waals surface area contributed by atoms with E-state index >= 15 is 0 Å². The van der Waals surface area contributed by atoms with Crippen molar-refractivity contribution in [1.82, 2.24) is 19.4 Å². The van der Waals surface area contributed by atoms with E-state index < -0.39 is 10.0 Å². The second kappa shape index (κ2) is 8.04. The molecule has 2 saturated heterocycles. The molecule has 0 atom stereocenters. The zero-order valence-corrected chi connectivity index (χ0v) is 15.6. The minimum atomic E-state index is -3.57. The summed E-state index contributed by atoms with van der Waals surface area (Å²) in [6, 6.07) is 7.53. The second-order valence-corrected chi connectivity index (χ2v) is 8.38. The molecule has 0 spiro atoms. The number of imide groups is 1. The number of nitrogens with zero attached hydrogens (tertiary/aromatic N) is 4. The number of carbonyl (C=O) groups excluding carboxylic acids is 2. The summed E-state index contributed by atoms with van der Waals surface area (Å²) in [5, 5.41) is 11.3. The van der Waals surface area contributed by atoms with Crippen LogP contribution in [0.3, 0.4) is 0 Å². The van der Waals surface area contributed by atoms with Crippen molar-refractivity contribution >= 4 is 22.0 Å². The van der Waals surface area contributed by atoms with Gasteiger partial charge in [-0.25, -0.2) is 13.2 Å². The molecule has 1 N–H and O–H groups in total. The third kappa shape index (κ3) is 4.27. The number of rotatable bonds is 6. The lowest BCUT2D eigenvalue weighted by molar-refractivity contribution is -0.125. The molecule has 1 aromatic rings. The van der Waals surface area contributed by atoms with Gasteiger partial charge in [0.1, 0.15) is 0 Å². The maximum atomic E-state index is 12.7. The largest absolute Gasteiger partial charge is 0.329 e. The van der Waals surface area contributed by atoms with Gasteiger partial charge in [0.15, 0.2) is 0 Å². The highest BCUT2D eigenvalue weighted by Crippen LogP contribution is 2.18. The van der Waals surface area contributed by atoms with Crippen LogP contribution in [0.1, 0.15) is 12.0 Å². The van der Waals surface area contributed by atoms with Gasteiger partial charge in [0.2, 0.25) is 15.9 Å². The van der Waals surface area contributed by atoms with Crippen LogP contribution in [-0.2, 0) is 14.8 Å². The molecule has 0 saturated carbocycles. The molecule has 0 bridgehead atoms. The van der Waals surface area contributed by atoms with E-state index in [2.05, 4.69) is 10.2 Å². The van der Waals surface area contributed by atoms with E-state index in [1.54, 1.807) is 0 Å². The van der Waals surface area contributed by atoms with Gasteiger partial charge in [0.25, 0.3) is 0 Å². The zero-order valence-electron chi connectivity index (χ0n) is 14.8. The SMILES string of the molecule is N#Cc1ccc(S(=O)(=O)N2CCN(CCCN3C(=O)CNC3=O)CC2)cc1. The smallest absolute Gasteiger partial charge is 0.324 e. The second-order valence-electron chi connectivity index (χ2n) is 6.44. The lowest BCUT2D eigenvalue weighted by Gasteiger charge is -2.34. The Bertz CT molecular complexity index is 838. The number of nitriles is 1. The maximum Gasteiger partial charge on any atom is 0.324 e. The predicted octanol–water partition coefficient (Wildman–Crippen LogP) is -0.194. The van der Waals surface area contributed by atoms with Crippen molar-refractivity contribution < 1.29 is 18.0 Å². The summed E-state index contributed by atoms with van der Waals surface area (Å²) in [6.45, 7) is 3.07. The summed E-state index contributed by atoms with van der Waals surface area (Å²) >= 11 is 0. The molecule has 0 unspecified atom stereocenters. The van der Waals surface area contributed by atoms with E-state index in [1.807, 2.05) is 6.07 Å².